The highest BCUT2D eigenvalue weighted by atomic mass is 16.5. The van der Waals surface area contributed by atoms with Gasteiger partial charge in [0.1, 0.15) is 0 Å². The molecule has 4 heteroatoms. The molecule has 0 saturated heterocycles. The number of ether oxygens (including phenoxy) is 2. The molecule has 2 aromatic carbocycles. The maximum absolute atomic E-state index is 13.4. The van der Waals surface area contributed by atoms with Gasteiger partial charge in [-0.25, -0.2) is 0 Å². The molecule has 2 aromatic rings. The van der Waals surface area contributed by atoms with Crippen LogP contribution in [0.25, 0.3) is 0 Å². The van der Waals surface area contributed by atoms with Gasteiger partial charge in [-0.3, -0.25) is 4.79 Å². The standard InChI is InChI=1S/C30H43NO3/c1-4-5-6-7-8-9-10-11-15-18-30(32)31-20-19-25-22-28(33-2)29(34-3)23-26(25)27(31)21-24-16-13-12-14-17-24/h12-14,16-17,22-23,27H,4-11,15,18-21H2,1-3H3. The maximum atomic E-state index is 13.4. The van der Waals surface area contributed by atoms with E-state index in [0.29, 0.717) is 6.42 Å². The van der Waals surface area contributed by atoms with E-state index < -0.39 is 0 Å². The Morgan fingerprint density at radius 1 is 0.882 bits per heavy atom. The molecule has 1 atom stereocenters. The van der Waals surface area contributed by atoms with E-state index in [0.717, 1.165) is 43.7 Å². The first kappa shape index (κ1) is 26.1. The van der Waals surface area contributed by atoms with Crippen LogP contribution in [-0.2, 0) is 17.6 Å². The van der Waals surface area contributed by atoms with Crippen molar-refractivity contribution in [3.63, 3.8) is 0 Å². The Hall–Kier alpha value is -2.49. The molecule has 0 aromatic heterocycles. The lowest BCUT2D eigenvalue weighted by atomic mass is 9.87. The molecule has 0 saturated carbocycles. The summed E-state index contributed by atoms with van der Waals surface area (Å²) in [5.41, 5.74) is 3.69. The monoisotopic (exact) mass is 465 g/mol. The molecule has 34 heavy (non-hydrogen) atoms. The van der Waals surface area contributed by atoms with Crippen LogP contribution in [0.1, 0.15) is 93.9 Å². The van der Waals surface area contributed by atoms with Crippen LogP contribution in [0.2, 0.25) is 0 Å². The van der Waals surface area contributed by atoms with Crippen LogP contribution in [0.4, 0.5) is 0 Å². The van der Waals surface area contributed by atoms with Crippen LogP contribution < -0.4 is 9.47 Å². The molecule has 0 bridgehead atoms. The summed E-state index contributed by atoms with van der Waals surface area (Å²) in [4.78, 5) is 15.5. The molecule has 1 amide bonds. The number of unbranched alkanes of at least 4 members (excludes halogenated alkanes) is 8. The maximum Gasteiger partial charge on any atom is 0.223 e. The van der Waals surface area contributed by atoms with Crippen molar-refractivity contribution in [1.29, 1.82) is 0 Å². The second-order valence-corrected chi connectivity index (χ2v) is 9.53. The minimum atomic E-state index is 0.0250. The molecule has 0 fully saturated rings. The summed E-state index contributed by atoms with van der Waals surface area (Å²) in [7, 11) is 3.35. The molecule has 186 valence electrons. The summed E-state index contributed by atoms with van der Waals surface area (Å²) in [6.45, 7) is 3.02. The summed E-state index contributed by atoms with van der Waals surface area (Å²) >= 11 is 0. The minimum Gasteiger partial charge on any atom is -0.493 e. The SMILES string of the molecule is CCCCCCCCCCCC(=O)N1CCc2cc(OC)c(OC)cc2C1Cc1ccccc1. The fourth-order valence-corrected chi connectivity index (χ4v) is 5.11. The van der Waals surface area contributed by atoms with Crippen molar-refractivity contribution in [2.45, 2.75) is 90.0 Å². The Bertz CT molecular complexity index is 880. The molecular weight excluding hydrogens is 422 g/mol. The number of carbonyl (C=O) groups excluding carboxylic acids is 1. The Kier molecular flexibility index (Phi) is 10.8. The smallest absolute Gasteiger partial charge is 0.223 e. The van der Waals surface area contributed by atoms with Gasteiger partial charge in [-0.05, 0) is 48.1 Å². The molecule has 3 rings (SSSR count). The van der Waals surface area contributed by atoms with Gasteiger partial charge in [0, 0.05) is 13.0 Å². The average molecular weight is 466 g/mol. The summed E-state index contributed by atoms with van der Waals surface area (Å²) in [5.74, 6) is 1.77. The van der Waals surface area contributed by atoms with Crippen molar-refractivity contribution in [1.82, 2.24) is 4.90 Å². The lowest BCUT2D eigenvalue weighted by Crippen LogP contribution is -2.41. The van der Waals surface area contributed by atoms with Crippen molar-refractivity contribution < 1.29 is 14.3 Å². The lowest BCUT2D eigenvalue weighted by molar-refractivity contribution is -0.134. The largest absolute Gasteiger partial charge is 0.493 e. The fourth-order valence-electron chi connectivity index (χ4n) is 5.11. The van der Waals surface area contributed by atoms with Crippen molar-refractivity contribution in [2.75, 3.05) is 20.8 Å². The van der Waals surface area contributed by atoms with E-state index in [4.69, 9.17) is 9.47 Å². The molecule has 0 aliphatic carbocycles. The third-order valence-corrected chi connectivity index (χ3v) is 7.09. The number of rotatable bonds is 14. The van der Waals surface area contributed by atoms with E-state index in [9.17, 15) is 4.79 Å². The van der Waals surface area contributed by atoms with Crippen LogP contribution in [0.3, 0.4) is 0 Å². The zero-order valence-corrected chi connectivity index (χ0v) is 21.5. The molecule has 1 heterocycles. The molecular formula is C30H43NO3. The van der Waals surface area contributed by atoms with Crippen molar-refractivity contribution >= 4 is 5.91 Å². The number of amides is 1. The second kappa shape index (κ2) is 14.0. The first-order valence-electron chi connectivity index (χ1n) is 13.3. The van der Waals surface area contributed by atoms with E-state index in [1.807, 2.05) is 6.07 Å². The Morgan fingerprint density at radius 3 is 2.15 bits per heavy atom. The predicted molar refractivity (Wildman–Crippen MR) is 140 cm³/mol. The number of carbonyl (C=O) groups is 1. The topological polar surface area (TPSA) is 38.8 Å². The van der Waals surface area contributed by atoms with Gasteiger partial charge in [-0.1, -0.05) is 88.6 Å². The molecule has 0 N–H and O–H groups in total. The quantitative estimate of drug-likeness (QED) is 0.275. The normalized spacial score (nSPS) is 15.1. The molecule has 1 aliphatic heterocycles. The molecule has 1 aliphatic rings. The Morgan fingerprint density at radius 2 is 1.50 bits per heavy atom. The van der Waals surface area contributed by atoms with Crippen molar-refractivity contribution in [3.8, 4) is 11.5 Å². The first-order chi connectivity index (χ1) is 16.7. The van der Waals surface area contributed by atoms with Crippen molar-refractivity contribution in [3.05, 3.63) is 59.2 Å². The predicted octanol–water partition coefficient (Wildman–Crippen LogP) is 7.29. The van der Waals surface area contributed by atoms with E-state index in [2.05, 4.69) is 48.2 Å². The van der Waals surface area contributed by atoms with Gasteiger partial charge in [0.25, 0.3) is 0 Å². The van der Waals surface area contributed by atoms with Crippen LogP contribution in [0.5, 0.6) is 11.5 Å². The third kappa shape index (κ3) is 7.25. The molecule has 0 spiro atoms. The van der Waals surface area contributed by atoms with Crippen molar-refractivity contribution in [2.24, 2.45) is 0 Å². The highest BCUT2D eigenvalue weighted by molar-refractivity contribution is 5.77. The summed E-state index contributed by atoms with van der Waals surface area (Å²) in [6.07, 6.45) is 13.7. The van der Waals surface area contributed by atoms with E-state index >= 15 is 0 Å². The summed E-state index contributed by atoms with van der Waals surface area (Å²) in [5, 5.41) is 0. The fraction of sp³-hybridized carbons (Fsp3) is 0.567. The zero-order chi connectivity index (χ0) is 24.2. The number of methoxy groups -OCH3 is 2. The van der Waals surface area contributed by atoms with Crippen LogP contribution >= 0.6 is 0 Å². The number of nitrogens with zero attached hydrogens (tertiary/aromatic N) is 1. The number of hydrogen-bond donors (Lipinski definition) is 0. The molecule has 1 unspecified atom stereocenters. The van der Waals surface area contributed by atoms with Gasteiger partial charge in [0.15, 0.2) is 11.5 Å². The Balaban J connectivity index is 1.64. The van der Waals surface area contributed by atoms with Crippen LogP contribution in [0.15, 0.2) is 42.5 Å². The number of hydrogen-bond acceptors (Lipinski definition) is 3. The van der Waals surface area contributed by atoms with Gasteiger partial charge in [0.2, 0.25) is 5.91 Å². The highest BCUT2D eigenvalue weighted by Gasteiger charge is 2.32. The van der Waals surface area contributed by atoms with Crippen LogP contribution in [0, 0.1) is 0 Å². The van der Waals surface area contributed by atoms with E-state index in [-0.39, 0.29) is 11.9 Å². The second-order valence-electron chi connectivity index (χ2n) is 9.53. The van der Waals surface area contributed by atoms with Gasteiger partial charge < -0.3 is 14.4 Å². The number of benzene rings is 2. The third-order valence-electron chi connectivity index (χ3n) is 7.09. The molecule has 0 radical (unpaired) electrons. The highest BCUT2D eigenvalue weighted by Crippen LogP contribution is 2.39. The minimum absolute atomic E-state index is 0.0250. The average Bonchev–Trinajstić information content (AvgIpc) is 2.87. The first-order valence-corrected chi connectivity index (χ1v) is 13.3. The molecule has 4 nitrogen and oxygen atoms in total. The number of fused-ring (bicyclic) bond motifs is 1. The van der Waals surface area contributed by atoms with Gasteiger partial charge in [0.05, 0.1) is 20.3 Å². The zero-order valence-electron chi connectivity index (χ0n) is 21.5. The Labute approximate surface area is 206 Å². The van der Waals surface area contributed by atoms with E-state index in [1.54, 1.807) is 14.2 Å². The van der Waals surface area contributed by atoms with Gasteiger partial charge in [-0.2, -0.15) is 0 Å². The summed E-state index contributed by atoms with van der Waals surface area (Å²) in [6, 6.07) is 14.7. The van der Waals surface area contributed by atoms with Gasteiger partial charge in [-0.15, -0.1) is 0 Å². The lowest BCUT2D eigenvalue weighted by Gasteiger charge is -2.38. The summed E-state index contributed by atoms with van der Waals surface area (Å²) < 4.78 is 11.1. The van der Waals surface area contributed by atoms with Gasteiger partial charge >= 0.3 is 0 Å². The van der Waals surface area contributed by atoms with E-state index in [1.165, 1.54) is 61.6 Å². The van der Waals surface area contributed by atoms with Crippen LogP contribution in [-0.4, -0.2) is 31.6 Å².